The molecule has 246 valence electrons. The normalized spacial score (nSPS) is 20.4. The van der Waals surface area contributed by atoms with Crippen LogP contribution in [0.3, 0.4) is 0 Å². The molecule has 0 radical (unpaired) electrons. The van der Waals surface area contributed by atoms with Gasteiger partial charge >= 0.3 is 0 Å². The van der Waals surface area contributed by atoms with E-state index in [9.17, 15) is 0 Å². The van der Waals surface area contributed by atoms with E-state index in [0.29, 0.717) is 21.8 Å². The summed E-state index contributed by atoms with van der Waals surface area (Å²) in [4.78, 5) is 10.3. The number of piperidine rings is 1. The summed E-state index contributed by atoms with van der Waals surface area (Å²) in [5.74, 6) is 0. The molecule has 0 amide bonds. The first-order valence-corrected chi connectivity index (χ1v) is 15.3. The van der Waals surface area contributed by atoms with Crippen LogP contribution in [0.15, 0.2) is 0 Å². The molecule has 3 fully saturated rings. The Morgan fingerprint density at radius 3 is 1.07 bits per heavy atom. The predicted octanol–water partition coefficient (Wildman–Crippen LogP) is 8.24. The van der Waals surface area contributed by atoms with Crippen molar-refractivity contribution in [1.29, 1.82) is 0 Å². The average Bonchev–Trinajstić information content (AvgIpc) is 2.72. The minimum absolute atomic E-state index is 0. The number of hydrogen-bond donors (Lipinski definition) is 0. The molecule has 5 nitrogen and oxygen atoms in total. The molecule has 0 bridgehead atoms. The van der Waals surface area contributed by atoms with Gasteiger partial charge in [-0.05, 0) is 62.9 Å². The number of ether oxygens (including phenoxy) is 1. The van der Waals surface area contributed by atoms with Gasteiger partial charge in [0.2, 0.25) is 0 Å². The Kier molecular flexibility index (Phi) is 22.0. The fraction of sp³-hybridized carbons (Fsp3) is 1.00. The van der Waals surface area contributed by atoms with E-state index in [4.69, 9.17) is 4.74 Å². The molecule has 3 aliphatic rings. The van der Waals surface area contributed by atoms with Crippen LogP contribution in [0.25, 0.3) is 0 Å². The third-order valence-electron chi connectivity index (χ3n) is 6.97. The van der Waals surface area contributed by atoms with Gasteiger partial charge in [0.1, 0.15) is 0 Å². The van der Waals surface area contributed by atoms with Crippen LogP contribution in [0.4, 0.5) is 0 Å². The van der Waals surface area contributed by atoms with Gasteiger partial charge in [0.25, 0.3) is 0 Å². The number of likely N-dealkylation sites (tertiary alicyclic amines) is 1. The monoisotopic (exact) mass is 573 g/mol. The topological polar surface area (TPSA) is 22.2 Å². The highest BCUT2D eigenvalue weighted by Crippen LogP contribution is 2.20. The van der Waals surface area contributed by atoms with Crippen molar-refractivity contribution in [3.8, 4) is 0 Å². The molecule has 0 N–H and O–H groups in total. The first kappa shape index (κ1) is 44.2. The van der Waals surface area contributed by atoms with E-state index in [1.54, 1.807) is 0 Å². The molecule has 0 spiro atoms. The summed E-state index contributed by atoms with van der Waals surface area (Å²) in [6, 6.07) is 0. The molecule has 40 heavy (non-hydrogen) atoms. The molecule has 0 atom stereocenters. The maximum Gasteiger partial charge on any atom is 0.0594 e. The van der Waals surface area contributed by atoms with Crippen LogP contribution >= 0.6 is 0 Å². The van der Waals surface area contributed by atoms with Crippen LogP contribution in [0.2, 0.25) is 0 Å². The van der Waals surface area contributed by atoms with Gasteiger partial charge in [-0.2, -0.15) is 0 Å². The third-order valence-corrected chi connectivity index (χ3v) is 6.97. The Morgan fingerprint density at radius 2 is 0.750 bits per heavy atom. The summed E-state index contributed by atoms with van der Waals surface area (Å²) in [5, 5.41) is 0. The van der Waals surface area contributed by atoms with Gasteiger partial charge < -0.3 is 14.5 Å². The molecule has 0 unspecified atom stereocenters. The lowest BCUT2D eigenvalue weighted by atomic mass is 9.95. The predicted molar refractivity (Wildman–Crippen MR) is 184 cm³/mol. The lowest BCUT2D eigenvalue weighted by molar-refractivity contribution is 0.0236. The zero-order valence-corrected chi connectivity index (χ0v) is 27.5. The van der Waals surface area contributed by atoms with Crippen molar-refractivity contribution >= 4 is 0 Å². The lowest BCUT2D eigenvalue weighted by Gasteiger charge is -2.43. The first-order chi connectivity index (χ1) is 16.8. The number of morpholine rings is 1. The summed E-state index contributed by atoms with van der Waals surface area (Å²) in [5.41, 5.74) is 1.69. The zero-order chi connectivity index (χ0) is 28.3. The highest BCUT2D eigenvalue weighted by Gasteiger charge is 2.27. The Balaban J connectivity index is -0.000000503. The molecule has 3 saturated heterocycles. The molecular formula is C35H80N4O. The number of rotatable bonds is 3. The molecule has 0 aromatic carbocycles. The number of hydrogen-bond acceptors (Lipinski definition) is 5. The summed E-state index contributed by atoms with van der Waals surface area (Å²) in [6.07, 6.45) is 4.27. The minimum Gasteiger partial charge on any atom is -0.379 e. The largest absolute Gasteiger partial charge is 0.379 e. The van der Waals surface area contributed by atoms with E-state index in [1.165, 1.54) is 78.2 Å². The second-order valence-electron chi connectivity index (χ2n) is 16.3. The molecule has 0 aliphatic carbocycles. The molecule has 3 heterocycles. The fourth-order valence-electron chi connectivity index (χ4n) is 5.47. The van der Waals surface area contributed by atoms with Crippen molar-refractivity contribution in [3.05, 3.63) is 0 Å². The van der Waals surface area contributed by atoms with Gasteiger partial charge in [-0.1, -0.05) is 91.0 Å². The van der Waals surface area contributed by atoms with Gasteiger partial charge in [0.05, 0.1) is 13.2 Å². The molecule has 0 aromatic rings. The summed E-state index contributed by atoms with van der Waals surface area (Å²) >= 11 is 0. The van der Waals surface area contributed by atoms with Gasteiger partial charge in [0, 0.05) is 64.4 Å². The zero-order valence-electron chi connectivity index (χ0n) is 27.5. The maximum absolute atomic E-state index is 5.27. The fourth-order valence-corrected chi connectivity index (χ4v) is 5.47. The van der Waals surface area contributed by atoms with Gasteiger partial charge in [-0.25, -0.2) is 0 Å². The Labute approximate surface area is 255 Å². The first-order valence-electron chi connectivity index (χ1n) is 15.3. The van der Waals surface area contributed by atoms with Crippen LogP contribution in [0, 0.1) is 16.2 Å². The Hall–Kier alpha value is -0.200. The average molecular weight is 573 g/mol. The van der Waals surface area contributed by atoms with E-state index in [-0.39, 0.29) is 22.3 Å². The van der Waals surface area contributed by atoms with Crippen molar-refractivity contribution in [1.82, 2.24) is 19.6 Å². The standard InChI is InChI=1S/C13H28N2.C10H21N.C9H19NO.3CH4/c1-12(2,3)11-14-7-9-15(10-8-14)13(4,5)6;1-10(2,3)9-11-7-5-4-6-8-11;1-9(2,3)8-10-4-6-11-7-5-10;;;/h7-11H2,1-6H3;4-9H2,1-3H3;4-8H2,1-3H3;3*1H4. The molecule has 5 heteroatoms. The van der Waals surface area contributed by atoms with Crippen LogP contribution < -0.4 is 0 Å². The second-order valence-corrected chi connectivity index (χ2v) is 16.3. The number of nitrogens with zero attached hydrogens (tertiary/aromatic N) is 4. The van der Waals surface area contributed by atoms with Crippen molar-refractivity contribution < 1.29 is 4.74 Å². The minimum atomic E-state index is 0. The highest BCUT2D eigenvalue weighted by atomic mass is 16.5. The van der Waals surface area contributed by atoms with Gasteiger partial charge in [-0.3, -0.25) is 9.80 Å². The van der Waals surface area contributed by atoms with Crippen LogP contribution in [-0.4, -0.2) is 110 Å². The SMILES string of the molecule is C.C.C.CC(C)(C)CN1CCCCC1.CC(C)(C)CN1CCN(C(C)(C)C)CC1.CC(C)(C)CN1CCOCC1. The van der Waals surface area contributed by atoms with Crippen molar-refractivity contribution in [2.45, 2.75) is 130 Å². The third kappa shape index (κ3) is 23.4. The van der Waals surface area contributed by atoms with Crippen LogP contribution in [-0.2, 0) is 4.74 Å². The smallest absolute Gasteiger partial charge is 0.0594 e. The van der Waals surface area contributed by atoms with E-state index in [1.807, 2.05) is 0 Å². The molecule has 0 saturated carbocycles. The summed E-state index contributed by atoms with van der Waals surface area (Å²) < 4.78 is 5.27. The van der Waals surface area contributed by atoms with E-state index >= 15 is 0 Å². The van der Waals surface area contributed by atoms with Crippen molar-refractivity contribution in [2.75, 3.05) is 85.2 Å². The maximum atomic E-state index is 5.27. The summed E-state index contributed by atoms with van der Waals surface area (Å²) in [6.45, 7) is 43.0. The lowest BCUT2D eigenvalue weighted by Crippen LogP contribution is -2.54. The van der Waals surface area contributed by atoms with Crippen molar-refractivity contribution in [2.24, 2.45) is 16.2 Å². The van der Waals surface area contributed by atoms with Crippen molar-refractivity contribution in [3.63, 3.8) is 0 Å². The van der Waals surface area contributed by atoms with E-state index in [2.05, 4.69) is 103 Å². The second kappa shape index (κ2) is 19.9. The highest BCUT2D eigenvalue weighted by molar-refractivity contribution is 4.83. The molecule has 3 rings (SSSR count). The van der Waals surface area contributed by atoms with Crippen LogP contribution in [0.1, 0.15) is 125 Å². The quantitative estimate of drug-likeness (QED) is 0.339. The Morgan fingerprint density at radius 1 is 0.425 bits per heavy atom. The van der Waals surface area contributed by atoms with Gasteiger partial charge in [0.15, 0.2) is 0 Å². The molecular weight excluding hydrogens is 492 g/mol. The Bertz CT molecular complexity index is 544. The van der Waals surface area contributed by atoms with Crippen LogP contribution in [0.5, 0.6) is 0 Å². The van der Waals surface area contributed by atoms with Gasteiger partial charge in [-0.15, -0.1) is 0 Å². The summed E-state index contributed by atoms with van der Waals surface area (Å²) in [7, 11) is 0. The molecule has 3 aliphatic heterocycles. The van der Waals surface area contributed by atoms with E-state index in [0.717, 1.165) is 26.3 Å². The van der Waals surface area contributed by atoms with E-state index < -0.39 is 0 Å². The number of piperazine rings is 1. The molecule has 0 aromatic heterocycles.